The zero-order chi connectivity index (χ0) is 15.6. The number of aryl methyl sites for hydroxylation is 2. The van der Waals surface area contributed by atoms with Crippen molar-refractivity contribution in [2.75, 3.05) is 6.54 Å². The Morgan fingerprint density at radius 3 is 2.52 bits per heavy atom. The van der Waals surface area contributed by atoms with Gasteiger partial charge in [0.05, 0.1) is 21.8 Å². The summed E-state index contributed by atoms with van der Waals surface area (Å²) >= 11 is 12.1. The molecule has 1 aromatic heterocycles. The van der Waals surface area contributed by atoms with Crippen LogP contribution in [0, 0.1) is 19.7 Å². The fourth-order valence-corrected chi connectivity index (χ4v) is 2.96. The van der Waals surface area contributed by atoms with E-state index in [1.807, 2.05) is 26.8 Å². The van der Waals surface area contributed by atoms with E-state index in [0.717, 1.165) is 11.1 Å². The molecule has 0 aliphatic heterocycles. The molecule has 0 amide bonds. The Morgan fingerprint density at radius 2 is 1.95 bits per heavy atom. The molecule has 0 aliphatic rings. The van der Waals surface area contributed by atoms with Crippen molar-refractivity contribution in [2.24, 2.45) is 0 Å². The topological polar surface area (TPSA) is 24.9 Å². The number of hydrogen-bond acceptors (Lipinski definition) is 2. The first-order chi connectivity index (χ1) is 9.93. The van der Waals surface area contributed by atoms with Crippen LogP contribution < -0.4 is 5.32 Å². The average Bonchev–Trinajstić information content (AvgIpc) is 2.37. The molecule has 21 heavy (non-hydrogen) atoms. The smallest absolute Gasteiger partial charge is 0.128 e. The minimum absolute atomic E-state index is 0.258. The SMILES string of the molecule is CCNC(c1ncc(Cl)cc1Cl)c1c(C)cc(C)cc1F. The Morgan fingerprint density at radius 1 is 1.24 bits per heavy atom. The van der Waals surface area contributed by atoms with Crippen molar-refractivity contribution in [3.8, 4) is 0 Å². The second-order valence-electron chi connectivity index (χ2n) is 4.99. The first kappa shape index (κ1) is 16.2. The van der Waals surface area contributed by atoms with Gasteiger partial charge in [0, 0.05) is 11.8 Å². The Labute approximate surface area is 134 Å². The van der Waals surface area contributed by atoms with E-state index >= 15 is 0 Å². The van der Waals surface area contributed by atoms with Crippen molar-refractivity contribution in [3.63, 3.8) is 0 Å². The highest BCUT2D eigenvalue weighted by Crippen LogP contribution is 2.32. The van der Waals surface area contributed by atoms with E-state index < -0.39 is 6.04 Å². The Hall–Kier alpha value is -1.16. The molecular formula is C16H17Cl2FN2. The van der Waals surface area contributed by atoms with E-state index in [1.54, 1.807) is 6.07 Å². The van der Waals surface area contributed by atoms with Gasteiger partial charge in [-0.1, -0.05) is 36.2 Å². The van der Waals surface area contributed by atoms with Crippen molar-refractivity contribution in [2.45, 2.75) is 26.8 Å². The standard InChI is InChI=1S/C16H17Cl2FN2/c1-4-20-16(15-12(18)7-11(17)8-21-15)14-10(3)5-9(2)6-13(14)19/h5-8,16,20H,4H2,1-3H3. The third-order valence-electron chi connectivity index (χ3n) is 3.29. The van der Waals surface area contributed by atoms with Crippen LogP contribution in [-0.2, 0) is 0 Å². The summed E-state index contributed by atoms with van der Waals surface area (Å²) in [6, 6.07) is 4.70. The summed E-state index contributed by atoms with van der Waals surface area (Å²) in [7, 11) is 0. The molecule has 1 heterocycles. The zero-order valence-corrected chi connectivity index (χ0v) is 13.7. The van der Waals surface area contributed by atoms with E-state index in [4.69, 9.17) is 23.2 Å². The van der Waals surface area contributed by atoms with Crippen LogP contribution in [0.1, 0.15) is 35.3 Å². The van der Waals surface area contributed by atoms with Crippen LogP contribution in [0.3, 0.4) is 0 Å². The Kier molecular flexibility index (Phi) is 5.20. The number of nitrogens with one attached hydrogen (secondary N) is 1. The number of hydrogen-bond donors (Lipinski definition) is 1. The maximum atomic E-state index is 14.4. The van der Waals surface area contributed by atoms with E-state index in [1.165, 1.54) is 12.3 Å². The number of rotatable bonds is 4. The van der Waals surface area contributed by atoms with Crippen LogP contribution in [-0.4, -0.2) is 11.5 Å². The molecule has 112 valence electrons. The van der Waals surface area contributed by atoms with E-state index in [9.17, 15) is 4.39 Å². The molecule has 1 unspecified atom stereocenters. The third-order valence-corrected chi connectivity index (χ3v) is 3.80. The van der Waals surface area contributed by atoms with Gasteiger partial charge in [-0.25, -0.2) is 4.39 Å². The van der Waals surface area contributed by atoms with Crippen LogP contribution in [0.4, 0.5) is 4.39 Å². The number of aromatic nitrogens is 1. The maximum absolute atomic E-state index is 14.4. The normalized spacial score (nSPS) is 12.5. The summed E-state index contributed by atoms with van der Waals surface area (Å²) < 4.78 is 14.4. The highest BCUT2D eigenvalue weighted by molar-refractivity contribution is 6.34. The van der Waals surface area contributed by atoms with Crippen LogP contribution in [0.5, 0.6) is 0 Å². The lowest BCUT2D eigenvalue weighted by Crippen LogP contribution is -2.25. The predicted octanol–water partition coefficient (Wildman–Crippen LogP) is 4.84. The lowest BCUT2D eigenvalue weighted by atomic mass is 9.95. The van der Waals surface area contributed by atoms with Crippen molar-refractivity contribution in [1.82, 2.24) is 10.3 Å². The summed E-state index contributed by atoms with van der Waals surface area (Å²) in [6.07, 6.45) is 1.52. The van der Waals surface area contributed by atoms with E-state index in [0.29, 0.717) is 27.8 Å². The Balaban J connectivity index is 2.59. The monoisotopic (exact) mass is 326 g/mol. The predicted molar refractivity (Wildman–Crippen MR) is 85.7 cm³/mol. The van der Waals surface area contributed by atoms with Gasteiger partial charge in [0.1, 0.15) is 5.82 Å². The summed E-state index contributed by atoms with van der Waals surface area (Å²) in [6.45, 7) is 6.38. The molecule has 0 radical (unpaired) electrons. The van der Waals surface area contributed by atoms with Crippen molar-refractivity contribution in [3.05, 3.63) is 62.6 Å². The lowest BCUT2D eigenvalue weighted by molar-refractivity contribution is 0.548. The summed E-state index contributed by atoms with van der Waals surface area (Å²) in [5.41, 5.74) is 2.90. The van der Waals surface area contributed by atoms with Crippen LogP contribution >= 0.6 is 23.2 Å². The van der Waals surface area contributed by atoms with E-state index in [2.05, 4.69) is 10.3 Å². The largest absolute Gasteiger partial charge is 0.305 e. The molecule has 2 rings (SSSR count). The first-order valence-electron chi connectivity index (χ1n) is 6.75. The molecule has 0 fully saturated rings. The van der Waals surface area contributed by atoms with Crippen molar-refractivity contribution < 1.29 is 4.39 Å². The fraction of sp³-hybridized carbons (Fsp3) is 0.312. The van der Waals surface area contributed by atoms with Gasteiger partial charge in [-0.15, -0.1) is 0 Å². The quantitative estimate of drug-likeness (QED) is 0.869. The average molecular weight is 327 g/mol. The molecular weight excluding hydrogens is 310 g/mol. The minimum Gasteiger partial charge on any atom is -0.305 e. The van der Waals surface area contributed by atoms with Gasteiger partial charge in [-0.3, -0.25) is 4.98 Å². The molecule has 0 spiro atoms. The molecule has 5 heteroatoms. The van der Waals surface area contributed by atoms with Crippen molar-refractivity contribution in [1.29, 1.82) is 0 Å². The fourth-order valence-electron chi connectivity index (χ4n) is 2.47. The van der Waals surface area contributed by atoms with Crippen LogP contribution in [0.25, 0.3) is 0 Å². The van der Waals surface area contributed by atoms with Crippen LogP contribution in [0.2, 0.25) is 10.0 Å². The second-order valence-corrected chi connectivity index (χ2v) is 5.83. The van der Waals surface area contributed by atoms with Gasteiger partial charge in [0.25, 0.3) is 0 Å². The molecule has 0 bridgehead atoms. The molecule has 2 aromatic rings. The van der Waals surface area contributed by atoms with Gasteiger partial charge >= 0.3 is 0 Å². The number of benzene rings is 1. The number of nitrogens with zero attached hydrogens (tertiary/aromatic N) is 1. The molecule has 1 aromatic carbocycles. The van der Waals surface area contributed by atoms with Gasteiger partial charge in [0.2, 0.25) is 0 Å². The molecule has 1 N–H and O–H groups in total. The number of pyridine rings is 1. The molecule has 2 nitrogen and oxygen atoms in total. The Bertz CT molecular complexity index is 636. The van der Waals surface area contributed by atoms with E-state index in [-0.39, 0.29) is 5.82 Å². The summed E-state index contributed by atoms with van der Waals surface area (Å²) in [5.74, 6) is -0.258. The van der Waals surface area contributed by atoms with Gasteiger partial charge in [-0.2, -0.15) is 0 Å². The highest BCUT2D eigenvalue weighted by atomic mass is 35.5. The first-order valence-corrected chi connectivity index (χ1v) is 7.50. The minimum atomic E-state index is -0.402. The molecule has 1 atom stereocenters. The van der Waals surface area contributed by atoms with Gasteiger partial charge in [0.15, 0.2) is 0 Å². The highest BCUT2D eigenvalue weighted by Gasteiger charge is 2.23. The molecule has 0 aliphatic carbocycles. The molecule has 0 saturated carbocycles. The second kappa shape index (κ2) is 6.73. The lowest BCUT2D eigenvalue weighted by Gasteiger charge is -2.22. The number of halogens is 3. The zero-order valence-electron chi connectivity index (χ0n) is 12.2. The van der Waals surface area contributed by atoms with Gasteiger partial charge in [-0.05, 0) is 43.7 Å². The van der Waals surface area contributed by atoms with Crippen LogP contribution in [0.15, 0.2) is 24.4 Å². The summed E-state index contributed by atoms with van der Waals surface area (Å²) in [4.78, 5) is 4.28. The van der Waals surface area contributed by atoms with Gasteiger partial charge < -0.3 is 5.32 Å². The third kappa shape index (κ3) is 3.54. The molecule has 0 saturated heterocycles. The maximum Gasteiger partial charge on any atom is 0.128 e. The van der Waals surface area contributed by atoms with Crippen molar-refractivity contribution >= 4 is 23.2 Å². The summed E-state index contributed by atoms with van der Waals surface area (Å²) in [5, 5.41) is 4.13.